The fourth-order valence-electron chi connectivity index (χ4n) is 3.12. The van der Waals surface area contributed by atoms with Crippen LogP contribution in [0.3, 0.4) is 0 Å². The Balaban J connectivity index is 0.000000479. The molecule has 1 saturated heterocycles. The molecule has 0 bridgehead atoms. The number of halogens is 3. The molecule has 1 fully saturated rings. The van der Waals surface area contributed by atoms with Crippen LogP contribution in [0.25, 0.3) is 0 Å². The van der Waals surface area contributed by atoms with Crippen LogP contribution < -0.4 is 15.8 Å². The maximum atomic E-state index is 12.4. The van der Waals surface area contributed by atoms with E-state index in [4.69, 9.17) is 14.3 Å². The number of amides is 1. The molecule has 3 rings (SSSR count). The zero-order chi connectivity index (χ0) is 25.0. The highest BCUT2D eigenvalue weighted by Gasteiger charge is 2.41. The van der Waals surface area contributed by atoms with Crippen molar-refractivity contribution in [3.63, 3.8) is 0 Å². The van der Waals surface area contributed by atoms with Gasteiger partial charge < -0.3 is 24.8 Å². The number of carboxylic acid groups (broad SMARTS) is 1. The Morgan fingerprint density at radius 1 is 1.30 bits per heavy atom. The van der Waals surface area contributed by atoms with Gasteiger partial charge in [0.1, 0.15) is 18.7 Å². The number of aliphatic hydroxyl groups is 1. The monoisotopic (exact) mass is 472 g/mol. The van der Waals surface area contributed by atoms with Crippen LogP contribution in [0.4, 0.5) is 19.0 Å². The average Bonchev–Trinajstić information content (AvgIpc) is 3.02. The summed E-state index contributed by atoms with van der Waals surface area (Å²) < 4.78 is 36.5. The van der Waals surface area contributed by atoms with Crippen LogP contribution in [-0.2, 0) is 11.4 Å². The first-order chi connectivity index (χ1) is 15.2. The van der Waals surface area contributed by atoms with E-state index in [0.717, 1.165) is 11.5 Å². The van der Waals surface area contributed by atoms with E-state index < -0.39 is 17.8 Å². The Labute approximate surface area is 186 Å². The number of aliphatic carboxylic acids is 1. The van der Waals surface area contributed by atoms with Crippen molar-refractivity contribution in [2.45, 2.75) is 39.6 Å². The van der Waals surface area contributed by atoms with E-state index in [1.807, 2.05) is 13.0 Å². The smallest absolute Gasteiger partial charge is 0.475 e. The number of hydrogen-bond donors (Lipinski definition) is 3. The van der Waals surface area contributed by atoms with Gasteiger partial charge in [-0.05, 0) is 13.0 Å². The number of nitrogens with zero attached hydrogens (tertiary/aromatic N) is 3. The number of nitrogens with one attached hydrogen (secondary N) is 1. The highest BCUT2D eigenvalue weighted by atomic mass is 19.4. The van der Waals surface area contributed by atoms with E-state index in [0.29, 0.717) is 24.5 Å². The third-order valence-corrected chi connectivity index (χ3v) is 4.81. The third-order valence-electron chi connectivity index (χ3n) is 4.81. The zero-order valence-electron chi connectivity index (χ0n) is 18.0. The van der Waals surface area contributed by atoms with Gasteiger partial charge in [0, 0.05) is 36.3 Å². The number of carbonyl (C=O) groups excluding carboxylic acids is 1. The highest BCUT2D eigenvalue weighted by molar-refractivity contribution is 5.94. The third kappa shape index (κ3) is 7.00. The molecule has 1 atom stereocenters. The standard InChI is InChI=1S/C18H22N4O4.C2HF3O2/c1-11-6-15(21-14(8-23)19-11)22-7-13(18(2,3)10-22)20-17(25)12-4-5-16(24)26-9-12;3-2(4,5)1(6)7/h4-6,9,13,23H,7-8,10H2,1-3H3,(H,20,25);(H,6,7). The van der Waals surface area contributed by atoms with Crippen molar-refractivity contribution in [2.75, 3.05) is 18.0 Å². The Morgan fingerprint density at radius 2 is 1.94 bits per heavy atom. The largest absolute Gasteiger partial charge is 0.490 e. The van der Waals surface area contributed by atoms with E-state index >= 15 is 0 Å². The molecule has 2 aromatic rings. The van der Waals surface area contributed by atoms with Crippen LogP contribution in [-0.4, -0.2) is 57.4 Å². The lowest BCUT2D eigenvalue weighted by atomic mass is 9.87. The van der Waals surface area contributed by atoms with Crippen LogP contribution in [0.2, 0.25) is 0 Å². The summed E-state index contributed by atoms with van der Waals surface area (Å²) in [6.45, 7) is 7.06. The molecular formula is C20H23F3N4O6. The van der Waals surface area contributed by atoms with Crippen molar-refractivity contribution < 1.29 is 37.4 Å². The SMILES string of the molecule is Cc1cc(N2CC(NC(=O)c3ccc(=O)oc3)C(C)(C)C2)nc(CO)n1.O=C(O)C(F)(F)F. The van der Waals surface area contributed by atoms with E-state index in [-0.39, 0.29) is 24.0 Å². The summed E-state index contributed by atoms with van der Waals surface area (Å²) in [7, 11) is 0. The molecule has 1 amide bonds. The molecule has 180 valence electrons. The second-order valence-electron chi connectivity index (χ2n) is 7.98. The van der Waals surface area contributed by atoms with Gasteiger partial charge in [-0.15, -0.1) is 0 Å². The normalized spacial score (nSPS) is 17.2. The van der Waals surface area contributed by atoms with Gasteiger partial charge in [-0.25, -0.2) is 19.6 Å². The van der Waals surface area contributed by atoms with Crippen LogP contribution in [0.5, 0.6) is 0 Å². The maximum absolute atomic E-state index is 12.4. The lowest BCUT2D eigenvalue weighted by Crippen LogP contribution is -2.44. The number of alkyl halides is 3. The quantitative estimate of drug-likeness (QED) is 0.603. The molecule has 1 aliphatic rings. The van der Waals surface area contributed by atoms with Crippen molar-refractivity contribution in [3.05, 3.63) is 52.0 Å². The minimum Gasteiger partial charge on any atom is -0.475 e. The van der Waals surface area contributed by atoms with E-state index in [1.54, 1.807) is 0 Å². The van der Waals surface area contributed by atoms with Gasteiger partial charge in [0.05, 0.1) is 11.6 Å². The van der Waals surface area contributed by atoms with Gasteiger partial charge in [-0.2, -0.15) is 13.2 Å². The van der Waals surface area contributed by atoms with E-state index in [1.165, 1.54) is 18.4 Å². The summed E-state index contributed by atoms with van der Waals surface area (Å²) in [5.41, 5.74) is 0.402. The van der Waals surface area contributed by atoms with Gasteiger partial charge >= 0.3 is 17.8 Å². The number of aryl methyl sites for hydroxylation is 1. The molecule has 13 heteroatoms. The molecule has 0 aromatic carbocycles. The van der Waals surface area contributed by atoms with Gasteiger partial charge in [-0.3, -0.25) is 4.79 Å². The predicted molar refractivity (Wildman–Crippen MR) is 109 cm³/mol. The highest BCUT2D eigenvalue weighted by Crippen LogP contribution is 2.32. The first-order valence-electron chi connectivity index (χ1n) is 9.63. The van der Waals surface area contributed by atoms with Crippen LogP contribution in [0, 0.1) is 12.3 Å². The first-order valence-corrected chi connectivity index (χ1v) is 9.63. The van der Waals surface area contributed by atoms with Gasteiger partial charge in [0.25, 0.3) is 5.91 Å². The molecule has 1 aliphatic heterocycles. The molecule has 10 nitrogen and oxygen atoms in total. The average molecular weight is 472 g/mol. The second-order valence-corrected chi connectivity index (χ2v) is 7.98. The van der Waals surface area contributed by atoms with Crippen LogP contribution in [0.15, 0.2) is 33.7 Å². The summed E-state index contributed by atoms with van der Waals surface area (Å²) in [6, 6.07) is 4.42. The Hall–Kier alpha value is -3.48. The molecule has 0 spiro atoms. The Kier molecular flexibility index (Phi) is 7.80. The van der Waals surface area contributed by atoms with E-state index in [2.05, 4.69) is 34.0 Å². The predicted octanol–water partition coefficient (Wildman–Crippen LogP) is 1.51. The molecule has 0 saturated carbocycles. The summed E-state index contributed by atoms with van der Waals surface area (Å²) in [6.07, 6.45) is -3.92. The van der Waals surface area contributed by atoms with Gasteiger partial charge in [0.2, 0.25) is 0 Å². The Bertz CT molecular complexity index is 1050. The summed E-state index contributed by atoms with van der Waals surface area (Å²) in [5, 5.41) is 19.5. The minimum atomic E-state index is -5.08. The van der Waals surface area contributed by atoms with Crippen LogP contribution in [0.1, 0.15) is 35.7 Å². The molecule has 1 unspecified atom stereocenters. The number of carboxylic acids is 1. The number of aromatic nitrogens is 2. The number of aliphatic hydroxyl groups excluding tert-OH is 1. The van der Waals surface area contributed by atoms with Crippen molar-refractivity contribution in [1.82, 2.24) is 15.3 Å². The van der Waals surface area contributed by atoms with Crippen LogP contribution >= 0.6 is 0 Å². The molecule has 3 N–H and O–H groups in total. The lowest BCUT2D eigenvalue weighted by Gasteiger charge is -2.26. The number of carbonyl (C=O) groups is 2. The van der Waals surface area contributed by atoms with Crippen molar-refractivity contribution in [3.8, 4) is 0 Å². The fourth-order valence-corrected chi connectivity index (χ4v) is 3.12. The summed E-state index contributed by atoms with van der Waals surface area (Å²) >= 11 is 0. The van der Waals surface area contributed by atoms with Gasteiger partial charge in [-0.1, -0.05) is 13.8 Å². The second kappa shape index (κ2) is 9.98. The zero-order valence-corrected chi connectivity index (χ0v) is 18.0. The summed E-state index contributed by atoms with van der Waals surface area (Å²) in [5.74, 6) is -1.93. The fraction of sp³-hybridized carbons (Fsp3) is 0.450. The summed E-state index contributed by atoms with van der Waals surface area (Å²) in [4.78, 5) is 43.0. The maximum Gasteiger partial charge on any atom is 0.490 e. The van der Waals surface area contributed by atoms with Crippen molar-refractivity contribution in [2.24, 2.45) is 5.41 Å². The molecule has 0 aliphatic carbocycles. The molecule has 2 aromatic heterocycles. The molecular weight excluding hydrogens is 449 g/mol. The molecule has 3 heterocycles. The number of rotatable bonds is 4. The number of anilines is 1. The minimum absolute atomic E-state index is 0.116. The molecule has 33 heavy (non-hydrogen) atoms. The lowest BCUT2D eigenvalue weighted by molar-refractivity contribution is -0.192. The Morgan fingerprint density at radius 3 is 2.45 bits per heavy atom. The number of hydrogen-bond acceptors (Lipinski definition) is 8. The molecule has 0 radical (unpaired) electrons. The van der Waals surface area contributed by atoms with Crippen molar-refractivity contribution in [1.29, 1.82) is 0 Å². The topological polar surface area (TPSA) is 146 Å². The first kappa shape index (κ1) is 25.8. The van der Waals surface area contributed by atoms with E-state index in [9.17, 15) is 27.9 Å². The van der Waals surface area contributed by atoms with Gasteiger partial charge in [0.15, 0.2) is 5.82 Å². The van der Waals surface area contributed by atoms with Crippen molar-refractivity contribution >= 4 is 17.7 Å².